The van der Waals surface area contributed by atoms with Crippen molar-refractivity contribution in [2.75, 3.05) is 7.11 Å². The van der Waals surface area contributed by atoms with Gasteiger partial charge >= 0.3 is 0 Å². The maximum Gasteiger partial charge on any atom is 0.165 e. The highest BCUT2D eigenvalue weighted by Crippen LogP contribution is 2.67. The summed E-state index contributed by atoms with van der Waals surface area (Å²) in [6.07, 6.45) is 4.54. The third-order valence-corrected chi connectivity index (χ3v) is 6.82. The molecule has 4 aliphatic rings. The van der Waals surface area contributed by atoms with Gasteiger partial charge in [-0.2, -0.15) is 0 Å². The van der Waals surface area contributed by atoms with Gasteiger partial charge in [-0.3, -0.25) is 0 Å². The van der Waals surface area contributed by atoms with E-state index in [2.05, 4.69) is 6.07 Å². The van der Waals surface area contributed by atoms with Gasteiger partial charge in [-0.1, -0.05) is 12.5 Å². The molecular formula is C18H22O4. The van der Waals surface area contributed by atoms with Crippen LogP contribution in [0.2, 0.25) is 0 Å². The Hall–Kier alpha value is -1.26. The predicted octanol–water partition coefficient (Wildman–Crippen LogP) is 1.94. The first-order valence-corrected chi connectivity index (χ1v) is 8.40. The molecule has 0 aromatic heterocycles. The molecular weight excluding hydrogens is 280 g/mol. The number of aliphatic hydroxyl groups is 2. The minimum absolute atomic E-state index is 0.0333. The van der Waals surface area contributed by atoms with E-state index in [1.54, 1.807) is 7.11 Å². The topological polar surface area (TPSA) is 58.9 Å². The molecule has 0 saturated heterocycles. The molecule has 1 heterocycles. The van der Waals surface area contributed by atoms with Gasteiger partial charge < -0.3 is 19.7 Å². The molecule has 1 aromatic carbocycles. The number of methoxy groups -OCH3 is 1. The maximum absolute atomic E-state index is 11.7. The fourth-order valence-electron chi connectivity index (χ4n) is 6.03. The van der Waals surface area contributed by atoms with Gasteiger partial charge in [-0.15, -0.1) is 0 Å². The standard InChI is InChI=1S/C18H22O4/c1-21-12-5-4-10-9-11-3-2-8-17-14(22-16(12)15(10)17)7-6-13(19)18(11,17)20/h4-5,11,13-14,19-20H,2-3,6-9H2,1H3/t11-,13-,14+,17-,18+/m1/s1. The van der Waals surface area contributed by atoms with Crippen molar-refractivity contribution in [1.29, 1.82) is 0 Å². The second-order valence-corrected chi connectivity index (χ2v) is 7.42. The van der Waals surface area contributed by atoms with Crippen molar-refractivity contribution >= 4 is 0 Å². The Morgan fingerprint density at radius 2 is 2.14 bits per heavy atom. The van der Waals surface area contributed by atoms with Crippen LogP contribution in [0.5, 0.6) is 11.5 Å². The Morgan fingerprint density at radius 1 is 1.27 bits per heavy atom. The molecule has 0 amide bonds. The number of aliphatic hydroxyl groups excluding tert-OH is 1. The van der Waals surface area contributed by atoms with Crippen LogP contribution in [0.15, 0.2) is 12.1 Å². The number of hydrogen-bond acceptors (Lipinski definition) is 4. The maximum atomic E-state index is 11.7. The molecule has 1 aliphatic heterocycles. The average Bonchev–Trinajstić information content (AvgIpc) is 2.83. The Balaban J connectivity index is 1.85. The highest BCUT2D eigenvalue weighted by Gasteiger charge is 2.72. The minimum atomic E-state index is -1.04. The molecule has 0 radical (unpaired) electrons. The van der Waals surface area contributed by atoms with Crippen LogP contribution in [0.1, 0.15) is 43.2 Å². The summed E-state index contributed by atoms with van der Waals surface area (Å²) in [5, 5.41) is 22.4. The van der Waals surface area contributed by atoms with Crippen molar-refractivity contribution in [2.45, 2.75) is 61.7 Å². The smallest absolute Gasteiger partial charge is 0.165 e. The number of hydrogen-bond donors (Lipinski definition) is 2. The van der Waals surface area contributed by atoms with Crippen LogP contribution in [-0.2, 0) is 11.8 Å². The van der Waals surface area contributed by atoms with Gasteiger partial charge in [0.15, 0.2) is 11.5 Å². The molecule has 2 bridgehead atoms. The summed E-state index contributed by atoms with van der Waals surface area (Å²) in [6, 6.07) is 4.11. The Labute approximate surface area is 130 Å². The summed E-state index contributed by atoms with van der Waals surface area (Å²) in [4.78, 5) is 0. The third-order valence-electron chi connectivity index (χ3n) is 6.82. The van der Waals surface area contributed by atoms with Crippen LogP contribution in [0.3, 0.4) is 0 Å². The average molecular weight is 302 g/mol. The molecule has 2 fully saturated rings. The molecule has 3 aliphatic carbocycles. The van der Waals surface area contributed by atoms with Gasteiger partial charge in [-0.25, -0.2) is 0 Å². The lowest BCUT2D eigenvalue weighted by Gasteiger charge is -2.61. The molecule has 5 atom stereocenters. The normalized spacial score (nSPS) is 44.2. The van der Waals surface area contributed by atoms with Gasteiger partial charge in [0.25, 0.3) is 0 Å². The van der Waals surface area contributed by atoms with Crippen molar-refractivity contribution < 1.29 is 19.7 Å². The molecule has 2 N–H and O–H groups in total. The summed E-state index contributed by atoms with van der Waals surface area (Å²) in [7, 11) is 1.66. The molecule has 0 unspecified atom stereocenters. The van der Waals surface area contributed by atoms with Gasteiger partial charge in [0.2, 0.25) is 0 Å². The molecule has 1 aromatic rings. The van der Waals surface area contributed by atoms with Gasteiger partial charge in [-0.05, 0) is 49.7 Å². The van der Waals surface area contributed by atoms with E-state index in [4.69, 9.17) is 9.47 Å². The number of ether oxygens (including phenoxy) is 2. The second kappa shape index (κ2) is 3.98. The second-order valence-electron chi connectivity index (χ2n) is 7.42. The molecule has 22 heavy (non-hydrogen) atoms. The summed E-state index contributed by atoms with van der Waals surface area (Å²) < 4.78 is 11.8. The first-order valence-electron chi connectivity index (χ1n) is 8.40. The molecule has 1 spiro atoms. The minimum Gasteiger partial charge on any atom is -0.493 e. The predicted molar refractivity (Wildman–Crippen MR) is 80.3 cm³/mol. The van der Waals surface area contributed by atoms with Gasteiger partial charge in [0.05, 0.1) is 18.6 Å². The van der Waals surface area contributed by atoms with Crippen molar-refractivity contribution in [3.8, 4) is 11.5 Å². The van der Waals surface area contributed by atoms with Crippen molar-refractivity contribution in [2.24, 2.45) is 5.92 Å². The highest BCUT2D eigenvalue weighted by atomic mass is 16.5. The van der Waals surface area contributed by atoms with E-state index in [1.165, 1.54) is 5.56 Å². The Morgan fingerprint density at radius 3 is 2.95 bits per heavy atom. The van der Waals surface area contributed by atoms with E-state index in [0.29, 0.717) is 6.42 Å². The quantitative estimate of drug-likeness (QED) is 0.832. The fourth-order valence-corrected chi connectivity index (χ4v) is 6.03. The van der Waals surface area contributed by atoms with Crippen molar-refractivity contribution in [3.63, 3.8) is 0 Å². The van der Waals surface area contributed by atoms with Crippen LogP contribution in [0.25, 0.3) is 0 Å². The monoisotopic (exact) mass is 302 g/mol. The van der Waals surface area contributed by atoms with Crippen LogP contribution in [-0.4, -0.2) is 35.1 Å². The molecule has 4 nitrogen and oxygen atoms in total. The van der Waals surface area contributed by atoms with Crippen LogP contribution in [0.4, 0.5) is 0 Å². The van der Waals surface area contributed by atoms with Crippen molar-refractivity contribution in [1.82, 2.24) is 0 Å². The van der Waals surface area contributed by atoms with Gasteiger partial charge in [0.1, 0.15) is 11.7 Å². The van der Waals surface area contributed by atoms with E-state index < -0.39 is 17.1 Å². The molecule has 2 saturated carbocycles. The molecule has 4 heteroatoms. The lowest BCUT2D eigenvalue weighted by atomic mass is 9.45. The van der Waals surface area contributed by atoms with Gasteiger partial charge in [0, 0.05) is 5.56 Å². The zero-order valence-corrected chi connectivity index (χ0v) is 12.8. The van der Waals surface area contributed by atoms with Crippen LogP contribution >= 0.6 is 0 Å². The molecule has 5 rings (SSSR count). The summed E-state index contributed by atoms with van der Waals surface area (Å²) >= 11 is 0. The zero-order valence-electron chi connectivity index (χ0n) is 12.8. The number of rotatable bonds is 1. The summed E-state index contributed by atoms with van der Waals surface area (Å²) in [6.45, 7) is 0. The summed E-state index contributed by atoms with van der Waals surface area (Å²) in [5.41, 5.74) is 0.930. The lowest BCUT2D eigenvalue weighted by Crippen LogP contribution is -2.73. The van der Waals surface area contributed by atoms with E-state index >= 15 is 0 Å². The Bertz CT molecular complexity index is 657. The first kappa shape index (κ1) is 13.2. The largest absolute Gasteiger partial charge is 0.493 e. The third kappa shape index (κ3) is 1.18. The lowest BCUT2D eigenvalue weighted by molar-refractivity contribution is -0.223. The zero-order chi connectivity index (χ0) is 15.1. The Kier molecular flexibility index (Phi) is 2.39. The van der Waals surface area contributed by atoms with Crippen molar-refractivity contribution in [3.05, 3.63) is 23.3 Å². The van der Waals surface area contributed by atoms with Crippen LogP contribution < -0.4 is 9.47 Å². The fraction of sp³-hybridized carbons (Fsp3) is 0.667. The number of benzene rings is 1. The first-order chi connectivity index (χ1) is 10.6. The highest BCUT2D eigenvalue weighted by molar-refractivity contribution is 5.62. The van der Waals surface area contributed by atoms with E-state index in [9.17, 15) is 10.2 Å². The molecule has 118 valence electrons. The SMILES string of the molecule is COc1ccc2c3c1O[C@H]1CC[C@@H](O)[C@@]4(O)[C@H](CCC[C@]314)C2. The summed E-state index contributed by atoms with van der Waals surface area (Å²) in [5.74, 6) is 1.70. The van der Waals surface area contributed by atoms with E-state index in [-0.39, 0.29) is 12.0 Å². The van der Waals surface area contributed by atoms with E-state index in [1.807, 2.05) is 6.07 Å². The van der Waals surface area contributed by atoms with Crippen LogP contribution in [0, 0.1) is 5.92 Å². The van der Waals surface area contributed by atoms with E-state index in [0.717, 1.165) is 49.2 Å².